The van der Waals surface area contributed by atoms with E-state index in [9.17, 15) is 4.79 Å². The van der Waals surface area contributed by atoms with Crippen LogP contribution in [0.15, 0.2) is 23.6 Å². The lowest BCUT2D eigenvalue weighted by molar-refractivity contribution is 0.102. The molecule has 0 aliphatic rings. The van der Waals surface area contributed by atoms with Gasteiger partial charge < -0.3 is 4.57 Å². The van der Waals surface area contributed by atoms with Gasteiger partial charge in [-0.3, -0.25) is 4.79 Å². The standard InChI is InChI=1S/C10H8Cl2N2OS2/c1-14-3-2-13-10(14)16-5-7(15)6-4-8(11)17-9(6)12/h2-4H,5H2,1H3. The van der Waals surface area contributed by atoms with E-state index in [0.29, 0.717) is 20.0 Å². The first-order chi connectivity index (χ1) is 8.08. The van der Waals surface area contributed by atoms with Gasteiger partial charge in [-0.2, -0.15) is 0 Å². The Bertz CT molecular complexity index is 550. The molecule has 0 bridgehead atoms. The highest BCUT2D eigenvalue weighted by atomic mass is 35.5. The summed E-state index contributed by atoms with van der Waals surface area (Å²) in [6.45, 7) is 0. The average Bonchev–Trinajstić information content (AvgIpc) is 2.81. The largest absolute Gasteiger partial charge is 0.329 e. The Morgan fingerprint density at radius 3 is 2.88 bits per heavy atom. The number of halogens is 2. The molecule has 2 rings (SSSR count). The number of rotatable bonds is 4. The summed E-state index contributed by atoms with van der Waals surface area (Å²) in [5.74, 6) is 0.267. The van der Waals surface area contributed by atoms with Crippen LogP contribution in [0.3, 0.4) is 0 Å². The van der Waals surface area contributed by atoms with Gasteiger partial charge in [-0.1, -0.05) is 35.0 Å². The third-order valence-electron chi connectivity index (χ3n) is 2.07. The molecule has 2 aromatic rings. The van der Waals surface area contributed by atoms with Gasteiger partial charge in [-0.15, -0.1) is 11.3 Å². The van der Waals surface area contributed by atoms with E-state index in [1.54, 1.807) is 12.3 Å². The number of thioether (sulfide) groups is 1. The summed E-state index contributed by atoms with van der Waals surface area (Å²) in [6, 6.07) is 1.61. The second-order valence-electron chi connectivity index (χ2n) is 3.27. The van der Waals surface area contributed by atoms with E-state index in [2.05, 4.69) is 4.98 Å². The van der Waals surface area contributed by atoms with Crippen LogP contribution in [0.1, 0.15) is 10.4 Å². The van der Waals surface area contributed by atoms with Crippen molar-refractivity contribution in [1.82, 2.24) is 9.55 Å². The molecule has 0 spiro atoms. The van der Waals surface area contributed by atoms with Crippen molar-refractivity contribution in [1.29, 1.82) is 0 Å². The van der Waals surface area contributed by atoms with Crippen LogP contribution in [0.4, 0.5) is 0 Å². The van der Waals surface area contributed by atoms with E-state index in [1.165, 1.54) is 23.1 Å². The predicted molar refractivity (Wildman–Crippen MR) is 72.6 cm³/mol. The van der Waals surface area contributed by atoms with E-state index in [0.717, 1.165) is 5.16 Å². The van der Waals surface area contributed by atoms with E-state index in [1.807, 2.05) is 17.8 Å². The molecule has 2 heterocycles. The minimum atomic E-state index is -0.0360. The molecule has 17 heavy (non-hydrogen) atoms. The summed E-state index contributed by atoms with van der Waals surface area (Å²) >= 11 is 14.3. The first-order valence-corrected chi connectivity index (χ1v) is 7.22. The monoisotopic (exact) mass is 306 g/mol. The highest BCUT2D eigenvalue weighted by molar-refractivity contribution is 7.99. The summed E-state index contributed by atoms with van der Waals surface area (Å²) in [6.07, 6.45) is 3.53. The van der Waals surface area contributed by atoms with Gasteiger partial charge in [-0.05, 0) is 6.07 Å². The maximum atomic E-state index is 11.9. The summed E-state index contributed by atoms with van der Waals surface area (Å²) in [5, 5.41) is 0.802. The molecule has 0 fully saturated rings. The zero-order valence-electron chi connectivity index (χ0n) is 8.81. The molecule has 0 aromatic carbocycles. The normalized spacial score (nSPS) is 10.8. The molecule has 7 heteroatoms. The lowest BCUT2D eigenvalue weighted by atomic mass is 10.2. The maximum Gasteiger partial charge on any atom is 0.175 e. The number of carbonyl (C=O) groups excluding carboxylic acids is 1. The van der Waals surface area contributed by atoms with Crippen LogP contribution in [0, 0.1) is 0 Å². The minimum Gasteiger partial charge on any atom is -0.329 e. The molecule has 0 aliphatic carbocycles. The molecule has 0 aliphatic heterocycles. The maximum absolute atomic E-state index is 11.9. The van der Waals surface area contributed by atoms with Crippen LogP contribution in [0.25, 0.3) is 0 Å². The minimum absolute atomic E-state index is 0.0360. The van der Waals surface area contributed by atoms with E-state index in [-0.39, 0.29) is 5.78 Å². The Morgan fingerprint density at radius 1 is 1.59 bits per heavy atom. The third-order valence-corrected chi connectivity index (χ3v) is 4.61. The molecule has 0 atom stereocenters. The Labute approximate surface area is 117 Å². The quantitative estimate of drug-likeness (QED) is 0.637. The van der Waals surface area contributed by atoms with Crippen molar-refractivity contribution in [3.05, 3.63) is 32.7 Å². The molecule has 0 amide bonds. The third kappa shape index (κ3) is 3.04. The van der Waals surface area contributed by atoms with Crippen molar-refractivity contribution < 1.29 is 4.79 Å². The zero-order chi connectivity index (χ0) is 12.4. The number of thiophene rings is 1. The van der Waals surface area contributed by atoms with Crippen LogP contribution < -0.4 is 0 Å². The van der Waals surface area contributed by atoms with Gasteiger partial charge in [0.2, 0.25) is 0 Å². The van der Waals surface area contributed by atoms with Crippen LogP contribution in [0.2, 0.25) is 8.67 Å². The molecule has 0 unspecified atom stereocenters. The van der Waals surface area contributed by atoms with Crippen molar-refractivity contribution in [2.45, 2.75) is 5.16 Å². The molecule has 0 saturated heterocycles. The van der Waals surface area contributed by atoms with Gasteiger partial charge in [0, 0.05) is 25.0 Å². The van der Waals surface area contributed by atoms with Crippen LogP contribution >= 0.6 is 46.3 Å². The molecular weight excluding hydrogens is 299 g/mol. The highest BCUT2D eigenvalue weighted by Crippen LogP contribution is 2.32. The van der Waals surface area contributed by atoms with Crippen molar-refractivity contribution >= 4 is 52.1 Å². The van der Waals surface area contributed by atoms with E-state index >= 15 is 0 Å². The number of nitrogens with zero attached hydrogens (tertiary/aromatic N) is 2. The Hall–Kier alpha value is -0.490. The number of Topliss-reactive ketones (excluding diaryl/α,β-unsaturated/α-hetero) is 1. The van der Waals surface area contributed by atoms with Crippen LogP contribution in [-0.4, -0.2) is 21.1 Å². The number of carbonyl (C=O) groups is 1. The summed E-state index contributed by atoms with van der Waals surface area (Å²) in [7, 11) is 1.88. The first kappa shape index (κ1) is 13.0. The van der Waals surface area contributed by atoms with Crippen molar-refractivity contribution in [3.8, 4) is 0 Å². The molecule has 0 radical (unpaired) electrons. The fourth-order valence-corrected chi connectivity index (χ4v) is 3.54. The van der Waals surface area contributed by atoms with Crippen LogP contribution in [-0.2, 0) is 7.05 Å². The first-order valence-electron chi connectivity index (χ1n) is 4.66. The summed E-state index contributed by atoms with van der Waals surface area (Å²) in [5.41, 5.74) is 0.489. The number of imidazole rings is 1. The van der Waals surface area contributed by atoms with Crippen molar-refractivity contribution in [2.24, 2.45) is 7.05 Å². The molecular formula is C10H8Cl2N2OS2. The molecule has 0 N–H and O–H groups in total. The summed E-state index contributed by atoms with van der Waals surface area (Å²) < 4.78 is 2.83. The van der Waals surface area contributed by atoms with Gasteiger partial charge in [-0.25, -0.2) is 4.98 Å². The number of hydrogen-bond acceptors (Lipinski definition) is 4. The fourth-order valence-electron chi connectivity index (χ4n) is 1.23. The molecule has 3 nitrogen and oxygen atoms in total. The summed E-state index contributed by atoms with van der Waals surface area (Å²) in [4.78, 5) is 16.0. The van der Waals surface area contributed by atoms with Gasteiger partial charge in [0.25, 0.3) is 0 Å². The Morgan fingerprint density at radius 2 is 2.35 bits per heavy atom. The molecule has 0 saturated carbocycles. The van der Waals surface area contributed by atoms with Crippen LogP contribution in [0.5, 0.6) is 0 Å². The van der Waals surface area contributed by atoms with Gasteiger partial charge in [0.15, 0.2) is 10.9 Å². The lowest BCUT2D eigenvalue weighted by Crippen LogP contribution is -2.02. The number of ketones is 1. The number of hydrogen-bond donors (Lipinski definition) is 0. The smallest absolute Gasteiger partial charge is 0.175 e. The number of aryl methyl sites for hydroxylation is 1. The van der Waals surface area contributed by atoms with E-state index in [4.69, 9.17) is 23.2 Å². The highest BCUT2D eigenvalue weighted by Gasteiger charge is 2.15. The lowest BCUT2D eigenvalue weighted by Gasteiger charge is -2.00. The second-order valence-corrected chi connectivity index (χ2v) is 6.50. The van der Waals surface area contributed by atoms with E-state index < -0.39 is 0 Å². The fraction of sp³-hybridized carbons (Fsp3) is 0.200. The number of aromatic nitrogens is 2. The topological polar surface area (TPSA) is 34.9 Å². The van der Waals surface area contributed by atoms with Crippen molar-refractivity contribution in [3.63, 3.8) is 0 Å². The molecule has 2 aromatic heterocycles. The average molecular weight is 307 g/mol. The SMILES string of the molecule is Cn1ccnc1SCC(=O)c1cc(Cl)sc1Cl. The molecule has 90 valence electrons. The van der Waals surface area contributed by atoms with Crippen molar-refractivity contribution in [2.75, 3.05) is 5.75 Å². The van der Waals surface area contributed by atoms with Gasteiger partial charge in [0.1, 0.15) is 4.34 Å². The van der Waals surface area contributed by atoms with Gasteiger partial charge >= 0.3 is 0 Å². The second kappa shape index (κ2) is 5.44. The Kier molecular flexibility index (Phi) is 4.14. The van der Waals surface area contributed by atoms with Gasteiger partial charge in [0.05, 0.1) is 10.1 Å². The Balaban J connectivity index is 2.03. The predicted octanol–water partition coefficient (Wildman–Crippen LogP) is 3.76. The zero-order valence-corrected chi connectivity index (χ0v) is 12.0.